The number of rotatable bonds is 2. The summed E-state index contributed by atoms with van der Waals surface area (Å²) in [4.78, 5) is 2.56. The molecular weight excluding hydrogens is 235 g/mol. The van der Waals surface area contributed by atoms with Crippen LogP contribution in [0.2, 0.25) is 0 Å². The van der Waals surface area contributed by atoms with Crippen LogP contribution in [-0.2, 0) is 4.74 Å². The molecule has 0 atom stereocenters. The van der Waals surface area contributed by atoms with Crippen molar-refractivity contribution >= 4 is 24.8 Å². The van der Waals surface area contributed by atoms with Crippen LogP contribution in [0.3, 0.4) is 0 Å². The van der Waals surface area contributed by atoms with Gasteiger partial charge in [-0.15, -0.1) is 24.8 Å². The average Bonchev–Trinajstić information content (AvgIpc) is 2.21. The number of nitrogens with one attached hydrogen (secondary N) is 1. The van der Waals surface area contributed by atoms with Crippen LogP contribution in [0.5, 0.6) is 0 Å². The highest BCUT2D eigenvalue weighted by Crippen LogP contribution is 2.13. The maximum atomic E-state index is 5.33. The summed E-state index contributed by atoms with van der Waals surface area (Å²) in [6.07, 6.45) is 2.72. The Hall–Kier alpha value is 0.460. The van der Waals surface area contributed by atoms with Gasteiger partial charge >= 0.3 is 0 Å². The molecule has 0 aliphatic carbocycles. The number of halogens is 2. The zero-order chi connectivity index (χ0) is 8.93. The van der Waals surface area contributed by atoms with Gasteiger partial charge < -0.3 is 10.1 Å². The van der Waals surface area contributed by atoms with Crippen LogP contribution in [0.1, 0.15) is 12.8 Å². The Morgan fingerprint density at radius 3 is 2.27 bits per heavy atom. The second kappa shape index (κ2) is 8.59. The van der Waals surface area contributed by atoms with Crippen LogP contribution in [0.4, 0.5) is 0 Å². The molecule has 5 heteroatoms. The summed E-state index contributed by atoms with van der Waals surface area (Å²) < 4.78 is 5.33. The zero-order valence-electron chi connectivity index (χ0n) is 9.11. The normalized spacial score (nSPS) is 24.0. The van der Waals surface area contributed by atoms with Gasteiger partial charge in [0.2, 0.25) is 0 Å². The molecule has 0 aromatic carbocycles. The fourth-order valence-electron chi connectivity index (χ4n) is 2.21. The van der Waals surface area contributed by atoms with E-state index in [1.165, 1.54) is 32.5 Å². The first-order valence-corrected chi connectivity index (χ1v) is 5.46. The van der Waals surface area contributed by atoms with Crippen molar-refractivity contribution in [2.75, 3.05) is 45.9 Å². The molecule has 15 heavy (non-hydrogen) atoms. The third kappa shape index (κ3) is 5.36. The van der Waals surface area contributed by atoms with Crippen LogP contribution < -0.4 is 5.32 Å². The van der Waals surface area contributed by atoms with Crippen molar-refractivity contribution in [3.8, 4) is 0 Å². The summed E-state index contributed by atoms with van der Waals surface area (Å²) in [6, 6.07) is 0. The summed E-state index contributed by atoms with van der Waals surface area (Å²) in [5.41, 5.74) is 0. The van der Waals surface area contributed by atoms with E-state index in [-0.39, 0.29) is 24.8 Å². The van der Waals surface area contributed by atoms with Gasteiger partial charge in [-0.2, -0.15) is 0 Å². The molecule has 0 unspecified atom stereocenters. The molecule has 0 saturated carbocycles. The number of piperidine rings is 1. The molecule has 0 aromatic rings. The molecule has 3 nitrogen and oxygen atoms in total. The van der Waals surface area contributed by atoms with Crippen LogP contribution in [-0.4, -0.2) is 50.8 Å². The zero-order valence-corrected chi connectivity index (χ0v) is 10.7. The lowest BCUT2D eigenvalue weighted by molar-refractivity contribution is 0.0284. The summed E-state index contributed by atoms with van der Waals surface area (Å²) >= 11 is 0. The Kier molecular flexibility index (Phi) is 8.86. The first kappa shape index (κ1) is 15.5. The van der Waals surface area contributed by atoms with Crippen molar-refractivity contribution in [2.45, 2.75) is 12.8 Å². The Bertz CT molecular complexity index is 132. The van der Waals surface area contributed by atoms with Crippen LogP contribution in [0.15, 0.2) is 0 Å². The molecule has 2 aliphatic rings. The molecule has 92 valence electrons. The van der Waals surface area contributed by atoms with E-state index < -0.39 is 0 Å². The Morgan fingerprint density at radius 2 is 1.67 bits per heavy atom. The van der Waals surface area contributed by atoms with Crippen LogP contribution in [0.25, 0.3) is 0 Å². The molecule has 0 amide bonds. The Morgan fingerprint density at radius 1 is 1.07 bits per heavy atom. The minimum Gasteiger partial charge on any atom is -0.379 e. The maximum Gasteiger partial charge on any atom is 0.0594 e. The number of hydrogen-bond donors (Lipinski definition) is 1. The number of ether oxygens (including phenoxy) is 1. The SMILES string of the molecule is C1CC(CN2CCOCC2)CCN1.Cl.Cl. The summed E-state index contributed by atoms with van der Waals surface area (Å²) in [5.74, 6) is 0.930. The molecule has 0 radical (unpaired) electrons. The summed E-state index contributed by atoms with van der Waals surface area (Å²) in [7, 11) is 0. The topological polar surface area (TPSA) is 24.5 Å². The van der Waals surface area contributed by atoms with Crippen LogP contribution in [0, 0.1) is 5.92 Å². The standard InChI is InChI=1S/C10H20N2O.2ClH/c1-3-11-4-2-10(1)9-12-5-7-13-8-6-12;;/h10-11H,1-9H2;2*1H. The van der Waals surface area contributed by atoms with Gasteiger partial charge in [0.1, 0.15) is 0 Å². The lowest BCUT2D eigenvalue weighted by Gasteiger charge is -2.32. The van der Waals surface area contributed by atoms with Gasteiger partial charge in [-0.25, -0.2) is 0 Å². The minimum absolute atomic E-state index is 0. The average molecular weight is 257 g/mol. The van der Waals surface area contributed by atoms with Gasteiger partial charge in [-0.1, -0.05) is 0 Å². The van der Waals surface area contributed by atoms with E-state index in [2.05, 4.69) is 10.2 Å². The van der Waals surface area contributed by atoms with E-state index in [1.807, 2.05) is 0 Å². The highest BCUT2D eigenvalue weighted by molar-refractivity contribution is 5.85. The van der Waals surface area contributed by atoms with Gasteiger partial charge in [-0.05, 0) is 31.8 Å². The first-order chi connectivity index (χ1) is 6.45. The van der Waals surface area contributed by atoms with Gasteiger partial charge in [0.25, 0.3) is 0 Å². The number of hydrogen-bond acceptors (Lipinski definition) is 3. The monoisotopic (exact) mass is 256 g/mol. The van der Waals surface area contributed by atoms with E-state index in [0.717, 1.165) is 32.2 Å². The van der Waals surface area contributed by atoms with Crippen molar-refractivity contribution in [2.24, 2.45) is 5.92 Å². The van der Waals surface area contributed by atoms with Crippen molar-refractivity contribution in [3.63, 3.8) is 0 Å². The molecule has 2 fully saturated rings. The van der Waals surface area contributed by atoms with Gasteiger partial charge in [0, 0.05) is 19.6 Å². The minimum atomic E-state index is 0. The summed E-state index contributed by atoms with van der Waals surface area (Å²) in [6.45, 7) is 7.89. The fraction of sp³-hybridized carbons (Fsp3) is 1.00. The molecule has 0 bridgehead atoms. The first-order valence-electron chi connectivity index (χ1n) is 5.46. The maximum absolute atomic E-state index is 5.33. The van der Waals surface area contributed by atoms with Crippen molar-refractivity contribution < 1.29 is 4.74 Å². The molecule has 0 aromatic heterocycles. The third-order valence-electron chi connectivity index (χ3n) is 3.08. The Labute approximate surface area is 105 Å². The molecule has 2 heterocycles. The molecule has 2 saturated heterocycles. The Balaban J connectivity index is 0.000000980. The van der Waals surface area contributed by atoms with Gasteiger partial charge in [0.15, 0.2) is 0 Å². The molecule has 0 spiro atoms. The van der Waals surface area contributed by atoms with E-state index in [4.69, 9.17) is 4.74 Å². The lowest BCUT2D eigenvalue weighted by Crippen LogP contribution is -2.41. The van der Waals surface area contributed by atoms with Crippen LogP contribution >= 0.6 is 24.8 Å². The molecule has 1 N–H and O–H groups in total. The molecule has 2 aliphatic heterocycles. The number of morpholine rings is 1. The van der Waals surface area contributed by atoms with E-state index >= 15 is 0 Å². The highest BCUT2D eigenvalue weighted by atomic mass is 35.5. The predicted octanol–water partition coefficient (Wildman–Crippen LogP) is 1.16. The van der Waals surface area contributed by atoms with E-state index in [9.17, 15) is 0 Å². The van der Waals surface area contributed by atoms with Gasteiger partial charge in [0.05, 0.1) is 13.2 Å². The smallest absolute Gasteiger partial charge is 0.0594 e. The van der Waals surface area contributed by atoms with E-state index in [0.29, 0.717) is 0 Å². The fourth-order valence-corrected chi connectivity index (χ4v) is 2.21. The quantitative estimate of drug-likeness (QED) is 0.803. The number of nitrogens with zero attached hydrogens (tertiary/aromatic N) is 1. The van der Waals surface area contributed by atoms with E-state index in [1.54, 1.807) is 0 Å². The largest absolute Gasteiger partial charge is 0.379 e. The third-order valence-corrected chi connectivity index (χ3v) is 3.08. The van der Waals surface area contributed by atoms with Crippen molar-refractivity contribution in [1.29, 1.82) is 0 Å². The lowest BCUT2D eigenvalue weighted by atomic mass is 9.97. The van der Waals surface area contributed by atoms with Crippen molar-refractivity contribution in [1.82, 2.24) is 10.2 Å². The molecular formula is C10H22Cl2N2O. The highest BCUT2D eigenvalue weighted by Gasteiger charge is 2.18. The van der Waals surface area contributed by atoms with Crippen molar-refractivity contribution in [3.05, 3.63) is 0 Å². The summed E-state index contributed by atoms with van der Waals surface area (Å²) in [5, 5.41) is 3.41. The second-order valence-electron chi connectivity index (χ2n) is 4.11. The second-order valence-corrected chi connectivity index (χ2v) is 4.11. The van der Waals surface area contributed by atoms with Gasteiger partial charge in [-0.3, -0.25) is 4.90 Å². The predicted molar refractivity (Wildman–Crippen MR) is 67.3 cm³/mol. The molecule has 2 rings (SSSR count).